The Morgan fingerprint density at radius 3 is 2.56 bits per heavy atom. The molecule has 0 saturated carbocycles. The van der Waals surface area contributed by atoms with Crippen molar-refractivity contribution in [3.05, 3.63) is 77.8 Å². The minimum atomic E-state index is -0.596. The van der Waals surface area contributed by atoms with Gasteiger partial charge in [0.2, 0.25) is 5.90 Å². The van der Waals surface area contributed by atoms with Gasteiger partial charge in [-0.3, -0.25) is 10.1 Å². The highest BCUT2D eigenvalue weighted by Gasteiger charge is 2.24. The number of nitro benzene ring substituents is 1. The van der Waals surface area contributed by atoms with Gasteiger partial charge in [-0.25, -0.2) is 9.79 Å². The van der Waals surface area contributed by atoms with Crippen LogP contribution in [0.3, 0.4) is 0 Å². The first-order chi connectivity index (χ1) is 11.8. The maximum Gasteiger partial charge on any atom is 0.363 e. The van der Waals surface area contributed by atoms with Gasteiger partial charge in [0.25, 0.3) is 5.69 Å². The van der Waals surface area contributed by atoms with Crippen LogP contribution in [-0.2, 0) is 9.53 Å². The topological polar surface area (TPSA) is 81.8 Å². The lowest BCUT2D eigenvalue weighted by molar-refractivity contribution is -0.385. The van der Waals surface area contributed by atoms with Crippen molar-refractivity contribution < 1.29 is 14.5 Å². The lowest BCUT2D eigenvalue weighted by atomic mass is 10.1. The second-order valence-electron chi connectivity index (χ2n) is 5.27. The molecule has 2 aromatic carbocycles. The summed E-state index contributed by atoms with van der Waals surface area (Å²) in [5.41, 5.74) is 2.15. The number of carbonyl (C=O) groups excluding carboxylic acids is 1. The van der Waals surface area contributed by atoms with Gasteiger partial charge in [-0.1, -0.05) is 22.0 Å². The largest absolute Gasteiger partial charge is 0.402 e. The smallest absolute Gasteiger partial charge is 0.363 e. The van der Waals surface area contributed by atoms with Crippen molar-refractivity contribution in [3.8, 4) is 0 Å². The van der Waals surface area contributed by atoms with Crippen molar-refractivity contribution >= 4 is 55.5 Å². The number of nitro groups is 1. The van der Waals surface area contributed by atoms with Crippen LogP contribution in [0.2, 0.25) is 0 Å². The molecule has 0 fully saturated rings. The summed E-state index contributed by atoms with van der Waals surface area (Å²) in [6.45, 7) is 1.92. The summed E-state index contributed by atoms with van der Waals surface area (Å²) in [5.74, 6) is -0.389. The quantitative estimate of drug-likeness (QED) is 0.283. The Balaban J connectivity index is 1.97. The lowest BCUT2D eigenvalue weighted by Crippen LogP contribution is -2.05. The minimum Gasteiger partial charge on any atom is -0.402 e. The van der Waals surface area contributed by atoms with Gasteiger partial charge >= 0.3 is 5.97 Å². The van der Waals surface area contributed by atoms with Crippen molar-refractivity contribution in [2.75, 3.05) is 0 Å². The predicted molar refractivity (Wildman–Crippen MR) is 100 cm³/mol. The molecule has 0 unspecified atom stereocenters. The maximum atomic E-state index is 12.0. The summed E-state index contributed by atoms with van der Waals surface area (Å²) in [6, 6.07) is 10.0. The number of halogens is 2. The van der Waals surface area contributed by atoms with Crippen molar-refractivity contribution in [1.29, 1.82) is 0 Å². The molecule has 0 spiro atoms. The molecule has 6 nitrogen and oxygen atoms in total. The van der Waals surface area contributed by atoms with Crippen LogP contribution in [0, 0.1) is 17.0 Å². The predicted octanol–water partition coefficient (Wildman–Crippen LogP) is 4.77. The molecule has 0 aromatic heterocycles. The van der Waals surface area contributed by atoms with E-state index in [1.807, 2.05) is 19.1 Å². The molecule has 0 saturated heterocycles. The van der Waals surface area contributed by atoms with E-state index in [0.717, 1.165) is 10.0 Å². The fraction of sp³-hybridized carbons (Fsp3) is 0.0588. The normalized spacial score (nSPS) is 15.2. The molecule has 8 heteroatoms. The average molecular weight is 466 g/mol. The number of hydrogen-bond acceptors (Lipinski definition) is 5. The third-order valence-corrected chi connectivity index (χ3v) is 5.06. The van der Waals surface area contributed by atoms with E-state index >= 15 is 0 Å². The van der Waals surface area contributed by atoms with Gasteiger partial charge in [-0.05, 0) is 64.3 Å². The molecule has 0 N–H and O–H groups in total. The molecule has 0 aliphatic carbocycles. The molecule has 0 amide bonds. The Hall–Kier alpha value is -2.32. The molecule has 3 rings (SSSR count). The molecule has 126 valence electrons. The summed E-state index contributed by atoms with van der Waals surface area (Å²) < 4.78 is 6.52. The number of nitrogens with zero attached hydrogens (tertiary/aromatic N) is 2. The number of cyclic esters (lactones) is 1. The van der Waals surface area contributed by atoms with Gasteiger partial charge in [-0.2, -0.15) is 0 Å². The summed E-state index contributed by atoms with van der Waals surface area (Å²) in [6.07, 6.45) is 1.46. The highest BCUT2D eigenvalue weighted by atomic mass is 79.9. The van der Waals surface area contributed by atoms with Gasteiger partial charge in [0.05, 0.1) is 9.40 Å². The second-order valence-corrected chi connectivity index (χ2v) is 6.98. The van der Waals surface area contributed by atoms with Crippen LogP contribution in [-0.4, -0.2) is 16.8 Å². The van der Waals surface area contributed by atoms with E-state index < -0.39 is 10.9 Å². The van der Waals surface area contributed by atoms with Crippen LogP contribution in [0.1, 0.15) is 16.7 Å². The summed E-state index contributed by atoms with van der Waals surface area (Å²) >= 11 is 6.54. The standard InChI is InChI=1S/C17H10Br2N2O4/c1-9-6-11(3-5-12(9)18)16-20-14(17(22)25-16)7-10-2-4-13(19)15(8-10)21(23)24/h2-8H,1H3/b14-7-. The number of hydrogen-bond donors (Lipinski definition) is 0. The number of rotatable bonds is 3. The van der Waals surface area contributed by atoms with Crippen LogP contribution in [0.4, 0.5) is 5.69 Å². The van der Waals surface area contributed by atoms with Gasteiger partial charge < -0.3 is 4.74 Å². The third-order valence-electron chi connectivity index (χ3n) is 3.50. The molecular formula is C17H10Br2N2O4. The van der Waals surface area contributed by atoms with Gasteiger partial charge in [-0.15, -0.1) is 0 Å². The Morgan fingerprint density at radius 2 is 1.88 bits per heavy atom. The van der Waals surface area contributed by atoms with Crippen molar-refractivity contribution in [2.45, 2.75) is 6.92 Å². The highest BCUT2D eigenvalue weighted by molar-refractivity contribution is 9.10. The van der Waals surface area contributed by atoms with E-state index in [1.54, 1.807) is 18.2 Å². The van der Waals surface area contributed by atoms with Crippen LogP contribution in [0.25, 0.3) is 6.08 Å². The molecule has 1 aliphatic rings. The Morgan fingerprint density at radius 1 is 1.16 bits per heavy atom. The second kappa shape index (κ2) is 6.89. The number of benzene rings is 2. The molecule has 1 heterocycles. The lowest BCUT2D eigenvalue weighted by Gasteiger charge is -2.02. The van der Waals surface area contributed by atoms with Crippen LogP contribution >= 0.6 is 31.9 Å². The van der Waals surface area contributed by atoms with Crippen LogP contribution in [0.5, 0.6) is 0 Å². The molecule has 1 aliphatic heterocycles. The number of ether oxygens (including phenoxy) is 1. The number of aryl methyl sites for hydroxylation is 1. The summed E-state index contributed by atoms with van der Waals surface area (Å²) in [5, 5.41) is 11.0. The van der Waals surface area contributed by atoms with E-state index in [4.69, 9.17) is 4.74 Å². The monoisotopic (exact) mass is 464 g/mol. The molecule has 2 aromatic rings. The van der Waals surface area contributed by atoms with E-state index in [1.165, 1.54) is 12.1 Å². The maximum absolute atomic E-state index is 12.0. The summed E-state index contributed by atoms with van der Waals surface area (Å²) in [4.78, 5) is 26.8. The first-order valence-corrected chi connectivity index (χ1v) is 8.67. The Kier molecular flexibility index (Phi) is 4.82. The number of aliphatic imine (C=N–C) groups is 1. The first kappa shape index (κ1) is 17.5. The molecule has 0 bridgehead atoms. The Labute approximate surface area is 159 Å². The molecule has 0 radical (unpaired) electrons. The fourth-order valence-electron chi connectivity index (χ4n) is 2.23. The van der Waals surface area contributed by atoms with Gasteiger partial charge in [0.15, 0.2) is 5.70 Å². The summed E-state index contributed by atoms with van der Waals surface area (Å²) in [7, 11) is 0. The van der Waals surface area contributed by atoms with Crippen molar-refractivity contribution in [3.63, 3.8) is 0 Å². The zero-order valence-corrected chi connectivity index (χ0v) is 16.0. The Bertz CT molecular complexity index is 967. The van der Waals surface area contributed by atoms with E-state index in [0.29, 0.717) is 15.6 Å². The first-order valence-electron chi connectivity index (χ1n) is 7.08. The van der Waals surface area contributed by atoms with Gasteiger partial charge in [0, 0.05) is 16.1 Å². The molecular weight excluding hydrogens is 456 g/mol. The highest BCUT2D eigenvalue weighted by Crippen LogP contribution is 2.28. The SMILES string of the molecule is Cc1cc(C2=N/C(=C\c3ccc(Br)c([N+](=O)[O-])c3)C(=O)O2)ccc1Br. The molecule has 25 heavy (non-hydrogen) atoms. The number of carbonyl (C=O) groups is 1. The minimum absolute atomic E-state index is 0.0894. The average Bonchev–Trinajstić information content (AvgIpc) is 2.92. The van der Waals surface area contributed by atoms with Crippen molar-refractivity contribution in [1.82, 2.24) is 0 Å². The van der Waals surface area contributed by atoms with Gasteiger partial charge in [0.1, 0.15) is 0 Å². The third kappa shape index (κ3) is 3.69. The van der Waals surface area contributed by atoms with Crippen molar-refractivity contribution in [2.24, 2.45) is 4.99 Å². The fourth-order valence-corrected chi connectivity index (χ4v) is 2.87. The van der Waals surface area contributed by atoms with Crippen LogP contribution < -0.4 is 0 Å². The van der Waals surface area contributed by atoms with E-state index in [9.17, 15) is 14.9 Å². The van der Waals surface area contributed by atoms with E-state index in [2.05, 4.69) is 36.9 Å². The zero-order chi connectivity index (χ0) is 18.1. The zero-order valence-electron chi connectivity index (χ0n) is 12.8. The number of esters is 1. The molecule has 0 atom stereocenters. The van der Waals surface area contributed by atoms with Crippen LogP contribution in [0.15, 0.2) is 56.0 Å². The van der Waals surface area contributed by atoms with E-state index in [-0.39, 0.29) is 17.3 Å².